The summed E-state index contributed by atoms with van der Waals surface area (Å²) in [5.41, 5.74) is 4.05. The number of carbonyl (C=O) groups is 1. The number of unbranched alkanes of at least 4 members (excludes halogenated alkanes) is 1. The predicted molar refractivity (Wildman–Crippen MR) is 134 cm³/mol. The number of pyridine rings is 1. The Hall–Kier alpha value is -3.45. The summed E-state index contributed by atoms with van der Waals surface area (Å²) in [6, 6.07) is 14.8. The third-order valence-corrected chi connectivity index (χ3v) is 6.83. The van der Waals surface area contributed by atoms with Crippen LogP contribution in [0.4, 0.5) is 0 Å². The normalized spacial score (nSPS) is 14.5. The van der Waals surface area contributed by atoms with Gasteiger partial charge < -0.3 is 15.6 Å². The number of hydrogen-bond donors (Lipinski definition) is 3. The first kappa shape index (κ1) is 22.3. The molecule has 4 aromatic rings. The first-order valence-electron chi connectivity index (χ1n) is 12.1. The zero-order valence-corrected chi connectivity index (χ0v) is 19.6. The van der Waals surface area contributed by atoms with Crippen molar-refractivity contribution in [3.8, 4) is 0 Å². The quantitative estimate of drug-likeness (QED) is 0.333. The third-order valence-electron chi connectivity index (χ3n) is 6.83. The lowest BCUT2D eigenvalue weighted by Gasteiger charge is -2.15. The number of nitrogens with one attached hydrogen (secondary N) is 3. The molecule has 3 heterocycles. The molecule has 0 atom stereocenters. The van der Waals surface area contributed by atoms with E-state index in [-0.39, 0.29) is 17.2 Å². The van der Waals surface area contributed by atoms with E-state index in [0.717, 1.165) is 29.6 Å². The largest absolute Gasteiger partial charge is 0.357 e. The highest BCUT2D eigenvalue weighted by Gasteiger charge is 2.40. The van der Waals surface area contributed by atoms with Crippen LogP contribution < -0.4 is 16.2 Å². The zero-order valence-electron chi connectivity index (χ0n) is 19.6. The Morgan fingerprint density at radius 2 is 2.03 bits per heavy atom. The van der Waals surface area contributed by atoms with Gasteiger partial charge >= 0.3 is 0 Å². The molecule has 7 heteroatoms. The van der Waals surface area contributed by atoms with Crippen LogP contribution in [0.25, 0.3) is 16.6 Å². The molecule has 3 aromatic heterocycles. The molecule has 34 heavy (non-hydrogen) atoms. The van der Waals surface area contributed by atoms with E-state index in [4.69, 9.17) is 0 Å². The Bertz CT molecular complexity index is 1380. The van der Waals surface area contributed by atoms with E-state index in [1.54, 1.807) is 24.4 Å². The summed E-state index contributed by atoms with van der Waals surface area (Å²) in [6.45, 7) is 4.54. The fourth-order valence-corrected chi connectivity index (χ4v) is 4.59. The predicted octanol–water partition coefficient (Wildman–Crippen LogP) is 4.17. The van der Waals surface area contributed by atoms with Crippen molar-refractivity contribution in [3.63, 3.8) is 0 Å². The van der Waals surface area contributed by atoms with Gasteiger partial charge in [-0.1, -0.05) is 38.0 Å². The molecule has 0 bridgehead atoms. The highest BCUT2D eigenvalue weighted by atomic mass is 16.2. The van der Waals surface area contributed by atoms with Crippen molar-refractivity contribution in [2.24, 2.45) is 5.41 Å². The molecule has 1 aliphatic carbocycles. The molecule has 3 N–H and O–H groups in total. The maximum absolute atomic E-state index is 12.6. The van der Waals surface area contributed by atoms with E-state index in [1.807, 2.05) is 6.07 Å². The average molecular weight is 458 g/mol. The summed E-state index contributed by atoms with van der Waals surface area (Å²) >= 11 is 0. The highest BCUT2D eigenvalue weighted by Crippen LogP contribution is 2.49. The van der Waals surface area contributed by atoms with Gasteiger partial charge in [0.15, 0.2) is 0 Å². The first-order chi connectivity index (χ1) is 16.5. The summed E-state index contributed by atoms with van der Waals surface area (Å²) < 4.78 is 1.41. The van der Waals surface area contributed by atoms with Crippen LogP contribution in [0, 0.1) is 5.41 Å². The number of aromatic amines is 1. The SMILES string of the molecule is CCCCC1(CNCc2cc3ccc(CNC(=O)c4cc(=O)n5ccccc5n4)cc3[nH]2)CC1. The Morgan fingerprint density at radius 3 is 2.85 bits per heavy atom. The molecule has 7 nitrogen and oxygen atoms in total. The Kier molecular flexibility index (Phi) is 6.20. The number of aromatic nitrogens is 3. The second-order valence-corrected chi connectivity index (χ2v) is 9.51. The van der Waals surface area contributed by atoms with Gasteiger partial charge in [-0.3, -0.25) is 14.0 Å². The van der Waals surface area contributed by atoms with Crippen molar-refractivity contribution in [1.82, 2.24) is 25.0 Å². The molecule has 176 valence electrons. The second-order valence-electron chi connectivity index (χ2n) is 9.51. The Balaban J connectivity index is 1.19. The van der Waals surface area contributed by atoms with Gasteiger partial charge in [0.2, 0.25) is 0 Å². The van der Waals surface area contributed by atoms with Gasteiger partial charge in [0.25, 0.3) is 11.5 Å². The minimum Gasteiger partial charge on any atom is -0.357 e. The molecule has 0 unspecified atom stereocenters. The van der Waals surface area contributed by atoms with Crippen LogP contribution in [0.2, 0.25) is 0 Å². The van der Waals surface area contributed by atoms with Crippen LogP contribution in [0.15, 0.2) is 59.5 Å². The maximum Gasteiger partial charge on any atom is 0.270 e. The lowest BCUT2D eigenvalue weighted by atomic mass is 9.99. The maximum atomic E-state index is 12.6. The second kappa shape index (κ2) is 9.43. The van der Waals surface area contributed by atoms with Crippen molar-refractivity contribution in [1.29, 1.82) is 0 Å². The van der Waals surface area contributed by atoms with E-state index >= 15 is 0 Å². The summed E-state index contributed by atoms with van der Waals surface area (Å²) in [5.74, 6) is -0.364. The van der Waals surface area contributed by atoms with Crippen LogP contribution in [-0.2, 0) is 13.1 Å². The third kappa shape index (κ3) is 4.89. The number of H-pyrrole nitrogens is 1. The molecule has 1 aliphatic rings. The molecule has 1 aromatic carbocycles. The van der Waals surface area contributed by atoms with Crippen molar-refractivity contribution < 1.29 is 4.79 Å². The minimum atomic E-state index is -0.364. The van der Waals surface area contributed by atoms with Gasteiger partial charge in [0.1, 0.15) is 11.3 Å². The lowest BCUT2D eigenvalue weighted by molar-refractivity contribution is 0.0946. The molecular weight excluding hydrogens is 426 g/mol. The molecule has 0 radical (unpaired) electrons. The number of rotatable bonds is 10. The van der Waals surface area contributed by atoms with Gasteiger partial charge in [0, 0.05) is 43.1 Å². The molecule has 1 fully saturated rings. The monoisotopic (exact) mass is 457 g/mol. The minimum absolute atomic E-state index is 0.123. The van der Waals surface area contributed by atoms with E-state index in [9.17, 15) is 9.59 Å². The Labute approximate surface area is 198 Å². The topological polar surface area (TPSA) is 91.3 Å². The molecular formula is C27H31N5O2. The number of carbonyl (C=O) groups excluding carboxylic acids is 1. The number of fused-ring (bicyclic) bond motifs is 2. The number of amides is 1. The molecule has 1 saturated carbocycles. The van der Waals surface area contributed by atoms with Crippen molar-refractivity contribution in [3.05, 3.63) is 82.0 Å². The number of nitrogens with zero attached hydrogens (tertiary/aromatic N) is 2. The molecule has 5 rings (SSSR count). The van der Waals surface area contributed by atoms with Gasteiger partial charge in [0.05, 0.1) is 0 Å². The molecule has 0 aliphatic heterocycles. The van der Waals surface area contributed by atoms with Gasteiger partial charge in [-0.2, -0.15) is 0 Å². The standard InChI is InChI=1S/C27H31N5O2/c1-2-3-9-27(10-11-27)18-28-17-21-14-20-8-7-19(13-22(20)30-21)16-29-26(34)23-15-25(33)32-12-5-4-6-24(32)31-23/h4-8,12-15,28,30H,2-3,9-11,16-18H2,1H3,(H,29,34). The number of hydrogen-bond acceptors (Lipinski definition) is 4. The number of benzene rings is 1. The van der Waals surface area contributed by atoms with E-state index < -0.39 is 0 Å². The van der Waals surface area contributed by atoms with E-state index in [0.29, 0.717) is 17.6 Å². The average Bonchev–Trinajstić information content (AvgIpc) is 3.50. The van der Waals surface area contributed by atoms with Crippen LogP contribution in [0.3, 0.4) is 0 Å². The van der Waals surface area contributed by atoms with Gasteiger partial charge in [-0.15, -0.1) is 0 Å². The molecule has 0 saturated heterocycles. The van der Waals surface area contributed by atoms with Crippen LogP contribution in [0.1, 0.15) is 60.8 Å². The summed E-state index contributed by atoms with van der Waals surface area (Å²) in [6.07, 6.45) is 8.27. The zero-order chi connectivity index (χ0) is 23.5. The van der Waals surface area contributed by atoms with Gasteiger partial charge in [-0.05, 0) is 59.9 Å². The van der Waals surface area contributed by atoms with Gasteiger partial charge in [-0.25, -0.2) is 4.98 Å². The highest BCUT2D eigenvalue weighted by molar-refractivity contribution is 5.92. The molecule has 1 amide bonds. The van der Waals surface area contributed by atoms with Crippen LogP contribution >= 0.6 is 0 Å². The molecule has 0 spiro atoms. The smallest absolute Gasteiger partial charge is 0.270 e. The summed E-state index contributed by atoms with van der Waals surface area (Å²) in [5, 5.41) is 7.68. The van der Waals surface area contributed by atoms with E-state index in [2.05, 4.69) is 45.7 Å². The van der Waals surface area contributed by atoms with E-state index in [1.165, 1.54) is 48.3 Å². The summed E-state index contributed by atoms with van der Waals surface area (Å²) in [7, 11) is 0. The van der Waals surface area contributed by atoms with Crippen molar-refractivity contribution >= 4 is 22.5 Å². The fourth-order valence-electron chi connectivity index (χ4n) is 4.59. The fraction of sp³-hybridized carbons (Fsp3) is 0.370. The van der Waals surface area contributed by atoms with Crippen molar-refractivity contribution in [2.45, 2.75) is 52.1 Å². The lowest BCUT2D eigenvalue weighted by Crippen LogP contribution is -2.26. The van der Waals surface area contributed by atoms with Crippen LogP contribution in [0.5, 0.6) is 0 Å². The first-order valence-corrected chi connectivity index (χ1v) is 12.1. The summed E-state index contributed by atoms with van der Waals surface area (Å²) in [4.78, 5) is 32.7. The van der Waals surface area contributed by atoms with Crippen LogP contribution in [-0.4, -0.2) is 26.8 Å². The Morgan fingerprint density at radius 1 is 1.15 bits per heavy atom. The van der Waals surface area contributed by atoms with Crippen molar-refractivity contribution in [2.75, 3.05) is 6.54 Å².